The SMILES string of the molecule is CCNC(=NCc1ncnn1C)NCC1(c2ccc(Cl)cc2)CCCC1. The fraction of sp³-hybridized carbons (Fsp3) is 0.526. The van der Waals surface area contributed by atoms with Crippen LogP contribution in [0.15, 0.2) is 35.6 Å². The first-order chi connectivity index (χ1) is 12.6. The normalized spacial score (nSPS) is 16.7. The summed E-state index contributed by atoms with van der Waals surface area (Å²) < 4.78 is 1.75. The van der Waals surface area contributed by atoms with E-state index in [0.29, 0.717) is 6.54 Å². The van der Waals surface area contributed by atoms with Gasteiger partial charge in [-0.15, -0.1) is 0 Å². The summed E-state index contributed by atoms with van der Waals surface area (Å²) in [6.45, 7) is 4.25. The Kier molecular flexibility index (Phi) is 6.14. The van der Waals surface area contributed by atoms with E-state index in [4.69, 9.17) is 11.6 Å². The Morgan fingerprint density at radius 2 is 1.96 bits per heavy atom. The summed E-state index contributed by atoms with van der Waals surface area (Å²) in [6, 6.07) is 8.31. The van der Waals surface area contributed by atoms with E-state index >= 15 is 0 Å². The minimum atomic E-state index is 0.144. The third-order valence-electron chi connectivity index (χ3n) is 5.14. The van der Waals surface area contributed by atoms with Crippen molar-refractivity contribution in [3.8, 4) is 0 Å². The molecule has 0 aliphatic heterocycles. The zero-order valence-corrected chi connectivity index (χ0v) is 16.3. The van der Waals surface area contributed by atoms with Crippen molar-refractivity contribution in [1.29, 1.82) is 0 Å². The van der Waals surface area contributed by atoms with E-state index in [1.807, 2.05) is 19.2 Å². The predicted molar refractivity (Wildman–Crippen MR) is 105 cm³/mol. The number of halogens is 1. The van der Waals surface area contributed by atoms with Gasteiger partial charge in [-0.25, -0.2) is 9.98 Å². The largest absolute Gasteiger partial charge is 0.357 e. The van der Waals surface area contributed by atoms with Gasteiger partial charge in [-0.05, 0) is 37.5 Å². The number of aryl methyl sites for hydroxylation is 1. The molecule has 26 heavy (non-hydrogen) atoms. The van der Waals surface area contributed by atoms with E-state index in [0.717, 1.165) is 29.9 Å². The predicted octanol–water partition coefficient (Wildman–Crippen LogP) is 3.04. The van der Waals surface area contributed by atoms with Gasteiger partial charge in [0.25, 0.3) is 0 Å². The van der Waals surface area contributed by atoms with E-state index in [2.05, 4.69) is 44.8 Å². The molecule has 1 heterocycles. The summed E-state index contributed by atoms with van der Waals surface area (Å²) in [5.74, 6) is 1.66. The summed E-state index contributed by atoms with van der Waals surface area (Å²) in [6.07, 6.45) is 6.45. The first-order valence-corrected chi connectivity index (χ1v) is 9.62. The Bertz CT molecular complexity index is 731. The summed E-state index contributed by atoms with van der Waals surface area (Å²) in [5, 5.41) is 11.8. The van der Waals surface area contributed by atoms with E-state index in [-0.39, 0.29) is 5.41 Å². The van der Waals surface area contributed by atoms with Crippen molar-refractivity contribution in [2.45, 2.75) is 44.6 Å². The van der Waals surface area contributed by atoms with Crippen LogP contribution < -0.4 is 10.6 Å². The van der Waals surface area contributed by atoms with Crippen LogP contribution in [0.2, 0.25) is 5.02 Å². The van der Waals surface area contributed by atoms with Gasteiger partial charge in [-0.1, -0.05) is 36.6 Å². The maximum atomic E-state index is 6.08. The molecule has 0 amide bonds. The minimum absolute atomic E-state index is 0.144. The molecular formula is C19H27ClN6. The third-order valence-corrected chi connectivity index (χ3v) is 5.39. The van der Waals surface area contributed by atoms with Crippen LogP contribution in [0.4, 0.5) is 0 Å². The number of guanidine groups is 1. The van der Waals surface area contributed by atoms with Gasteiger partial charge < -0.3 is 10.6 Å². The molecule has 1 aliphatic rings. The van der Waals surface area contributed by atoms with Crippen molar-refractivity contribution < 1.29 is 0 Å². The Hall–Kier alpha value is -2.08. The maximum Gasteiger partial charge on any atom is 0.191 e. The molecule has 0 atom stereocenters. The van der Waals surface area contributed by atoms with Crippen LogP contribution in [0, 0.1) is 0 Å². The molecule has 140 valence electrons. The van der Waals surface area contributed by atoms with Gasteiger partial charge in [0.1, 0.15) is 18.7 Å². The lowest BCUT2D eigenvalue weighted by molar-refractivity contribution is 0.431. The van der Waals surface area contributed by atoms with Crippen LogP contribution >= 0.6 is 11.6 Å². The molecule has 1 fully saturated rings. The maximum absolute atomic E-state index is 6.08. The number of hydrogen-bond acceptors (Lipinski definition) is 3. The topological polar surface area (TPSA) is 67.1 Å². The van der Waals surface area contributed by atoms with Gasteiger partial charge >= 0.3 is 0 Å². The van der Waals surface area contributed by atoms with E-state index in [1.165, 1.54) is 31.2 Å². The van der Waals surface area contributed by atoms with Crippen LogP contribution in [0.1, 0.15) is 44.0 Å². The molecule has 0 radical (unpaired) electrons. The summed E-state index contributed by atoms with van der Waals surface area (Å²) >= 11 is 6.08. The van der Waals surface area contributed by atoms with Gasteiger partial charge in [-0.3, -0.25) is 4.68 Å². The zero-order chi connectivity index (χ0) is 18.4. The van der Waals surface area contributed by atoms with Crippen LogP contribution in [0.25, 0.3) is 0 Å². The lowest BCUT2D eigenvalue weighted by Crippen LogP contribution is -2.44. The molecule has 2 aromatic rings. The molecule has 6 nitrogen and oxygen atoms in total. The first kappa shape index (κ1) is 18.7. The van der Waals surface area contributed by atoms with Crippen molar-refractivity contribution in [3.63, 3.8) is 0 Å². The van der Waals surface area contributed by atoms with E-state index < -0.39 is 0 Å². The van der Waals surface area contributed by atoms with E-state index in [1.54, 1.807) is 11.0 Å². The van der Waals surface area contributed by atoms with Crippen molar-refractivity contribution in [3.05, 3.63) is 47.0 Å². The highest BCUT2D eigenvalue weighted by atomic mass is 35.5. The van der Waals surface area contributed by atoms with Crippen LogP contribution in [0.3, 0.4) is 0 Å². The highest BCUT2D eigenvalue weighted by molar-refractivity contribution is 6.30. The second-order valence-corrected chi connectivity index (χ2v) is 7.28. The Balaban J connectivity index is 1.71. The second kappa shape index (κ2) is 8.54. The molecule has 2 N–H and O–H groups in total. The monoisotopic (exact) mass is 374 g/mol. The highest BCUT2D eigenvalue weighted by Crippen LogP contribution is 2.40. The van der Waals surface area contributed by atoms with Crippen LogP contribution in [-0.2, 0) is 19.0 Å². The Labute approximate surface area is 160 Å². The zero-order valence-electron chi connectivity index (χ0n) is 15.5. The number of nitrogens with zero attached hydrogens (tertiary/aromatic N) is 4. The Morgan fingerprint density at radius 1 is 1.23 bits per heavy atom. The number of aromatic nitrogens is 3. The van der Waals surface area contributed by atoms with Crippen LogP contribution in [-0.4, -0.2) is 33.8 Å². The number of aliphatic imine (C=N–C) groups is 1. The molecule has 3 rings (SSSR count). The highest BCUT2D eigenvalue weighted by Gasteiger charge is 2.35. The molecule has 0 bridgehead atoms. The van der Waals surface area contributed by atoms with Crippen molar-refractivity contribution in [2.75, 3.05) is 13.1 Å². The molecule has 7 heteroatoms. The number of rotatable bonds is 6. The lowest BCUT2D eigenvalue weighted by Gasteiger charge is -2.31. The lowest BCUT2D eigenvalue weighted by atomic mass is 9.79. The number of hydrogen-bond donors (Lipinski definition) is 2. The van der Waals surface area contributed by atoms with Gasteiger partial charge in [0.15, 0.2) is 5.96 Å². The third kappa shape index (κ3) is 4.36. The standard InChI is InChI=1S/C19H27ClN6/c1-3-21-18(22-12-17-24-14-25-26(17)2)23-13-19(10-4-5-11-19)15-6-8-16(20)9-7-15/h6-9,14H,3-5,10-13H2,1-2H3,(H2,21,22,23). The van der Waals surface area contributed by atoms with Crippen LogP contribution in [0.5, 0.6) is 0 Å². The molecule has 0 saturated heterocycles. The number of nitrogens with one attached hydrogen (secondary N) is 2. The molecule has 0 unspecified atom stereocenters. The average Bonchev–Trinajstić information content (AvgIpc) is 3.28. The van der Waals surface area contributed by atoms with Gasteiger partial charge in [-0.2, -0.15) is 5.10 Å². The summed E-state index contributed by atoms with van der Waals surface area (Å²) in [7, 11) is 1.88. The fourth-order valence-corrected chi connectivity index (χ4v) is 3.76. The number of benzene rings is 1. The molecule has 1 aliphatic carbocycles. The van der Waals surface area contributed by atoms with Crippen molar-refractivity contribution in [1.82, 2.24) is 25.4 Å². The van der Waals surface area contributed by atoms with Gasteiger partial charge in [0.05, 0.1) is 0 Å². The van der Waals surface area contributed by atoms with Gasteiger partial charge in [0, 0.05) is 30.6 Å². The molecule has 0 spiro atoms. The van der Waals surface area contributed by atoms with Gasteiger partial charge in [0.2, 0.25) is 0 Å². The quantitative estimate of drug-likeness (QED) is 0.602. The molecule has 1 aromatic carbocycles. The second-order valence-electron chi connectivity index (χ2n) is 6.84. The molecular weight excluding hydrogens is 348 g/mol. The van der Waals surface area contributed by atoms with E-state index in [9.17, 15) is 0 Å². The first-order valence-electron chi connectivity index (χ1n) is 9.24. The summed E-state index contributed by atoms with van der Waals surface area (Å²) in [4.78, 5) is 8.90. The average molecular weight is 375 g/mol. The summed E-state index contributed by atoms with van der Waals surface area (Å²) in [5.41, 5.74) is 1.50. The molecule has 1 aromatic heterocycles. The fourth-order valence-electron chi connectivity index (χ4n) is 3.63. The van der Waals surface area contributed by atoms with Crippen molar-refractivity contribution >= 4 is 17.6 Å². The minimum Gasteiger partial charge on any atom is -0.357 e. The Morgan fingerprint density at radius 3 is 2.58 bits per heavy atom. The molecule has 1 saturated carbocycles. The smallest absolute Gasteiger partial charge is 0.191 e. The van der Waals surface area contributed by atoms with Crippen molar-refractivity contribution in [2.24, 2.45) is 12.0 Å².